The molecule has 27 heavy (non-hydrogen) atoms. The molecule has 0 spiro atoms. The van der Waals surface area contributed by atoms with Crippen molar-refractivity contribution in [1.29, 1.82) is 0 Å². The van der Waals surface area contributed by atoms with Gasteiger partial charge in [0.25, 0.3) is 5.91 Å². The first-order valence-electron chi connectivity index (χ1n) is 7.97. The van der Waals surface area contributed by atoms with Crippen molar-refractivity contribution in [2.24, 2.45) is 5.10 Å². The van der Waals surface area contributed by atoms with Gasteiger partial charge in [-0.3, -0.25) is 14.9 Å². The zero-order valence-electron chi connectivity index (χ0n) is 14.7. The summed E-state index contributed by atoms with van der Waals surface area (Å²) in [6.45, 7) is 4.08. The van der Waals surface area contributed by atoms with Gasteiger partial charge >= 0.3 is 5.88 Å². The van der Waals surface area contributed by atoms with Crippen LogP contribution < -0.4 is 5.43 Å². The highest BCUT2D eigenvalue weighted by molar-refractivity contribution is 7.89. The summed E-state index contributed by atoms with van der Waals surface area (Å²) in [5, 5.41) is 14.2. The van der Waals surface area contributed by atoms with Crippen LogP contribution in [0.5, 0.6) is 0 Å². The normalized spacial score (nSPS) is 11.8. The summed E-state index contributed by atoms with van der Waals surface area (Å²) in [7, 11) is -3.69. The highest BCUT2D eigenvalue weighted by Gasteiger charge is 2.22. The highest BCUT2D eigenvalue weighted by atomic mass is 32.2. The molecule has 0 saturated heterocycles. The molecule has 0 aliphatic rings. The van der Waals surface area contributed by atoms with E-state index >= 15 is 0 Å². The zero-order chi connectivity index (χ0) is 20.0. The predicted octanol–water partition coefficient (Wildman–Crippen LogP) is 1.98. The third-order valence-corrected chi connectivity index (χ3v) is 5.64. The number of hydrazone groups is 1. The molecule has 0 saturated carbocycles. The minimum absolute atomic E-state index is 0.00416. The van der Waals surface area contributed by atoms with Crippen molar-refractivity contribution in [3.05, 3.63) is 57.8 Å². The number of nitro groups is 1. The van der Waals surface area contributed by atoms with E-state index in [0.717, 1.165) is 12.3 Å². The summed E-state index contributed by atoms with van der Waals surface area (Å²) in [5.74, 6) is -0.999. The number of benzene rings is 1. The third-order valence-electron chi connectivity index (χ3n) is 3.59. The molecule has 2 aromatic rings. The van der Waals surface area contributed by atoms with E-state index < -0.39 is 26.7 Å². The van der Waals surface area contributed by atoms with Crippen molar-refractivity contribution in [2.45, 2.75) is 18.7 Å². The van der Waals surface area contributed by atoms with Gasteiger partial charge in [-0.05, 0) is 24.3 Å². The molecule has 10 nitrogen and oxygen atoms in total. The fourth-order valence-corrected chi connectivity index (χ4v) is 3.74. The van der Waals surface area contributed by atoms with Crippen molar-refractivity contribution in [3.63, 3.8) is 0 Å². The number of carbonyl (C=O) groups is 1. The standard InChI is InChI=1S/C16H18N4O6S/c1-3-19(4-2)27(24,25)14-7-5-6-12(10-14)16(21)18-17-11-13-8-9-15(26-13)20(22)23/h5-11H,3-4H2,1-2H3,(H,18,21)/b17-11-. The molecule has 144 valence electrons. The van der Waals surface area contributed by atoms with Gasteiger partial charge in [-0.15, -0.1) is 0 Å². The SMILES string of the molecule is CCN(CC)S(=O)(=O)c1cccc(C(=O)N/N=C\c2ccc([N+](=O)[O-])o2)c1. The second-order valence-corrected chi connectivity index (χ2v) is 7.19. The summed E-state index contributed by atoms with van der Waals surface area (Å²) in [5.41, 5.74) is 2.32. The minimum Gasteiger partial charge on any atom is -0.400 e. The van der Waals surface area contributed by atoms with Crippen LogP contribution in [0.15, 0.2) is 50.8 Å². The quantitative estimate of drug-likeness (QED) is 0.413. The van der Waals surface area contributed by atoms with Gasteiger partial charge in [-0.2, -0.15) is 9.41 Å². The number of carbonyl (C=O) groups excluding carboxylic acids is 1. The average molecular weight is 394 g/mol. The van der Waals surface area contributed by atoms with E-state index in [1.54, 1.807) is 13.8 Å². The van der Waals surface area contributed by atoms with Crippen LogP contribution in [0.2, 0.25) is 0 Å². The van der Waals surface area contributed by atoms with Gasteiger partial charge < -0.3 is 4.42 Å². The fourth-order valence-electron chi connectivity index (χ4n) is 2.24. The molecule has 1 aromatic heterocycles. The number of hydrogen-bond acceptors (Lipinski definition) is 7. The molecular weight excluding hydrogens is 376 g/mol. The molecule has 1 amide bonds. The lowest BCUT2D eigenvalue weighted by atomic mass is 10.2. The van der Waals surface area contributed by atoms with Crippen LogP contribution in [0.25, 0.3) is 0 Å². The van der Waals surface area contributed by atoms with Gasteiger partial charge in [0.05, 0.1) is 17.2 Å². The Bertz CT molecular complexity index is 963. The number of nitrogens with one attached hydrogen (secondary N) is 1. The molecule has 0 radical (unpaired) electrons. The van der Waals surface area contributed by atoms with E-state index in [0.29, 0.717) is 13.1 Å². The lowest BCUT2D eigenvalue weighted by Gasteiger charge is -2.18. The highest BCUT2D eigenvalue weighted by Crippen LogP contribution is 2.17. The Kier molecular flexibility index (Phi) is 6.42. The van der Waals surface area contributed by atoms with E-state index in [-0.39, 0.29) is 16.2 Å². The summed E-state index contributed by atoms with van der Waals surface area (Å²) in [6, 6.07) is 8.07. The number of rotatable bonds is 8. The van der Waals surface area contributed by atoms with Crippen LogP contribution in [0.1, 0.15) is 30.0 Å². The molecule has 0 bridgehead atoms. The Hall–Kier alpha value is -3.05. The fraction of sp³-hybridized carbons (Fsp3) is 0.250. The van der Waals surface area contributed by atoms with Crippen molar-refractivity contribution >= 4 is 28.0 Å². The van der Waals surface area contributed by atoms with Gasteiger partial charge in [-0.1, -0.05) is 19.9 Å². The summed E-state index contributed by atoms with van der Waals surface area (Å²) in [6.07, 6.45) is 1.10. The topological polar surface area (TPSA) is 135 Å². The number of nitrogens with zero attached hydrogens (tertiary/aromatic N) is 3. The van der Waals surface area contributed by atoms with Crippen LogP contribution in [0.3, 0.4) is 0 Å². The average Bonchev–Trinajstić information content (AvgIpc) is 3.12. The van der Waals surface area contributed by atoms with Gasteiger partial charge in [0.15, 0.2) is 5.76 Å². The third kappa shape index (κ3) is 4.77. The van der Waals surface area contributed by atoms with Crippen molar-refractivity contribution < 1.29 is 22.6 Å². The van der Waals surface area contributed by atoms with E-state index in [1.165, 1.54) is 34.6 Å². The zero-order valence-corrected chi connectivity index (χ0v) is 15.5. The van der Waals surface area contributed by atoms with Crippen LogP contribution >= 0.6 is 0 Å². The molecule has 1 aromatic carbocycles. The maximum Gasteiger partial charge on any atom is 0.433 e. The monoisotopic (exact) mass is 394 g/mol. The van der Waals surface area contributed by atoms with E-state index in [4.69, 9.17) is 4.42 Å². The van der Waals surface area contributed by atoms with E-state index in [1.807, 2.05) is 0 Å². The molecule has 1 N–H and O–H groups in total. The van der Waals surface area contributed by atoms with Crippen LogP contribution in [0.4, 0.5) is 5.88 Å². The molecule has 11 heteroatoms. The maximum atomic E-state index is 12.5. The van der Waals surface area contributed by atoms with Crippen LogP contribution in [-0.4, -0.2) is 42.9 Å². The lowest BCUT2D eigenvalue weighted by Crippen LogP contribution is -2.30. The van der Waals surface area contributed by atoms with E-state index in [2.05, 4.69) is 10.5 Å². The first-order chi connectivity index (χ1) is 12.8. The first-order valence-corrected chi connectivity index (χ1v) is 9.41. The van der Waals surface area contributed by atoms with Crippen LogP contribution in [-0.2, 0) is 10.0 Å². The summed E-state index contributed by atoms with van der Waals surface area (Å²) >= 11 is 0. The van der Waals surface area contributed by atoms with Gasteiger partial charge in [0, 0.05) is 18.7 Å². The Labute approximate surface area is 155 Å². The van der Waals surface area contributed by atoms with Crippen molar-refractivity contribution in [2.75, 3.05) is 13.1 Å². The maximum absolute atomic E-state index is 12.5. The number of hydrogen-bond donors (Lipinski definition) is 1. The largest absolute Gasteiger partial charge is 0.433 e. The molecule has 0 aliphatic carbocycles. The second kappa shape index (κ2) is 8.56. The van der Waals surface area contributed by atoms with Gasteiger partial charge in [-0.25, -0.2) is 13.8 Å². The minimum atomic E-state index is -3.69. The molecular formula is C16H18N4O6S. The number of furan rings is 1. The molecule has 0 aliphatic heterocycles. The Morgan fingerprint density at radius 2 is 2.00 bits per heavy atom. The second-order valence-electron chi connectivity index (χ2n) is 5.25. The van der Waals surface area contributed by atoms with Crippen molar-refractivity contribution in [1.82, 2.24) is 9.73 Å². The van der Waals surface area contributed by atoms with Gasteiger partial charge in [0.1, 0.15) is 4.92 Å². The number of amides is 1. The smallest absolute Gasteiger partial charge is 0.400 e. The number of sulfonamides is 1. The summed E-state index contributed by atoms with van der Waals surface area (Å²) < 4.78 is 31.2. The Morgan fingerprint density at radius 3 is 2.59 bits per heavy atom. The first kappa shape index (κ1) is 20.3. The summed E-state index contributed by atoms with van der Waals surface area (Å²) in [4.78, 5) is 22.0. The predicted molar refractivity (Wildman–Crippen MR) is 97.0 cm³/mol. The van der Waals surface area contributed by atoms with Gasteiger partial charge in [0.2, 0.25) is 10.0 Å². The molecule has 0 fully saturated rings. The van der Waals surface area contributed by atoms with Crippen LogP contribution in [0, 0.1) is 10.1 Å². The molecule has 1 heterocycles. The molecule has 0 unspecified atom stereocenters. The lowest BCUT2D eigenvalue weighted by molar-refractivity contribution is -0.402. The molecule has 0 atom stereocenters. The molecule has 2 rings (SSSR count). The Balaban J connectivity index is 2.13. The Morgan fingerprint density at radius 1 is 1.30 bits per heavy atom. The van der Waals surface area contributed by atoms with E-state index in [9.17, 15) is 23.3 Å². The van der Waals surface area contributed by atoms with Crippen molar-refractivity contribution in [3.8, 4) is 0 Å².